The molecule has 116 valence electrons. The number of aryl methyl sites for hydroxylation is 1. The summed E-state index contributed by atoms with van der Waals surface area (Å²) in [5.41, 5.74) is 2.07. The van der Waals surface area contributed by atoms with Gasteiger partial charge in [0.15, 0.2) is 0 Å². The molecular formula is C16H23BrN2O2. The van der Waals surface area contributed by atoms with Crippen LogP contribution in [0.5, 0.6) is 0 Å². The van der Waals surface area contributed by atoms with E-state index in [9.17, 15) is 4.79 Å². The van der Waals surface area contributed by atoms with Gasteiger partial charge in [-0.1, -0.05) is 15.9 Å². The third-order valence-electron chi connectivity index (χ3n) is 3.40. The van der Waals surface area contributed by atoms with E-state index in [4.69, 9.17) is 4.74 Å². The molecule has 1 N–H and O–H groups in total. The number of ether oxygens (including phenoxy) is 1. The van der Waals surface area contributed by atoms with E-state index in [1.54, 1.807) is 4.90 Å². The third-order valence-corrected chi connectivity index (χ3v) is 3.86. The fraction of sp³-hybridized carbons (Fsp3) is 0.562. The summed E-state index contributed by atoms with van der Waals surface area (Å²) in [6, 6.07) is 4.00. The first kappa shape index (κ1) is 16.1. The van der Waals surface area contributed by atoms with Crippen molar-refractivity contribution in [2.75, 3.05) is 16.8 Å². The molecular weight excluding hydrogens is 332 g/mol. The summed E-state index contributed by atoms with van der Waals surface area (Å²) < 4.78 is 6.54. The number of nitrogens with zero attached hydrogens (tertiary/aromatic N) is 1. The van der Waals surface area contributed by atoms with Crippen LogP contribution in [0.4, 0.5) is 16.2 Å². The maximum atomic E-state index is 12.7. The van der Waals surface area contributed by atoms with E-state index >= 15 is 0 Å². The average molecular weight is 355 g/mol. The van der Waals surface area contributed by atoms with Crippen molar-refractivity contribution in [2.24, 2.45) is 0 Å². The Hall–Kier alpha value is -1.23. The van der Waals surface area contributed by atoms with Gasteiger partial charge in [0, 0.05) is 11.0 Å². The van der Waals surface area contributed by atoms with Gasteiger partial charge in [-0.3, -0.25) is 4.90 Å². The molecule has 1 amide bonds. The maximum absolute atomic E-state index is 12.7. The van der Waals surface area contributed by atoms with E-state index in [0.29, 0.717) is 6.54 Å². The Morgan fingerprint density at radius 1 is 1.38 bits per heavy atom. The predicted molar refractivity (Wildman–Crippen MR) is 90.2 cm³/mol. The van der Waals surface area contributed by atoms with E-state index in [0.717, 1.165) is 21.4 Å². The fourth-order valence-electron chi connectivity index (χ4n) is 2.49. The molecule has 5 heteroatoms. The Bertz CT molecular complexity index is 576. The number of anilines is 2. The number of hydrogen-bond donors (Lipinski definition) is 1. The molecule has 0 unspecified atom stereocenters. The van der Waals surface area contributed by atoms with Crippen LogP contribution in [0.3, 0.4) is 0 Å². The molecule has 1 aromatic rings. The summed E-state index contributed by atoms with van der Waals surface area (Å²) >= 11 is 3.51. The van der Waals surface area contributed by atoms with Crippen molar-refractivity contribution in [3.05, 3.63) is 22.2 Å². The van der Waals surface area contributed by atoms with Crippen LogP contribution in [-0.4, -0.2) is 23.8 Å². The second-order valence-electron chi connectivity index (χ2n) is 7.10. The number of nitrogens with one attached hydrogen (secondary N) is 1. The summed E-state index contributed by atoms with van der Waals surface area (Å²) in [4.78, 5) is 14.4. The summed E-state index contributed by atoms with van der Waals surface area (Å²) in [6.07, 6.45) is -0.312. The molecule has 0 atom stereocenters. The zero-order valence-electron chi connectivity index (χ0n) is 13.5. The number of fused-ring (bicyclic) bond motifs is 1. The van der Waals surface area contributed by atoms with Gasteiger partial charge in [-0.05, 0) is 59.2 Å². The smallest absolute Gasteiger partial charge is 0.415 e. The number of rotatable bonds is 0. The Morgan fingerprint density at radius 3 is 2.57 bits per heavy atom. The second kappa shape index (κ2) is 5.20. The first-order valence-electron chi connectivity index (χ1n) is 7.08. The lowest BCUT2D eigenvalue weighted by molar-refractivity contribution is 0.0546. The van der Waals surface area contributed by atoms with Crippen molar-refractivity contribution in [3.63, 3.8) is 0 Å². The average Bonchev–Trinajstić information content (AvgIpc) is 2.23. The molecule has 0 aliphatic carbocycles. The molecule has 1 heterocycles. The Balaban J connectivity index is 2.51. The van der Waals surface area contributed by atoms with Gasteiger partial charge in [0.2, 0.25) is 0 Å². The molecule has 2 rings (SSSR count). The molecule has 4 nitrogen and oxygen atoms in total. The molecule has 21 heavy (non-hydrogen) atoms. The molecule has 0 fully saturated rings. The van der Waals surface area contributed by atoms with Crippen LogP contribution < -0.4 is 10.2 Å². The third kappa shape index (κ3) is 3.34. The zero-order valence-corrected chi connectivity index (χ0v) is 15.1. The van der Waals surface area contributed by atoms with E-state index in [1.807, 2.05) is 53.7 Å². The molecule has 0 radical (unpaired) electrons. The van der Waals surface area contributed by atoms with Crippen LogP contribution in [0.15, 0.2) is 16.6 Å². The molecule has 0 saturated heterocycles. The number of carbonyl (C=O) groups excluding carboxylic acids is 1. The molecule has 0 saturated carbocycles. The standard InChI is InChI=1S/C16H23BrN2O2/c1-10-7-11(17)8-12-13(10)18-9-16(5,6)19(12)14(20)21-15(2,3)4/h7-8,18H,9H2,1-6H3. The van der Waals surface area contributed by atoms with Crippen molar-refractivity contribution < 1.29 is 9.53 Å². The topological polar surface area (TPSA) is 41.6 Å². The van der Waals surface area contributed by atoms with Crippen molar-refractivity contribution in [1.82, 2.24) is 0 Å². The monoisotopic (exact) mass is 354 g/mol. The molecule has 1 aliphatic heterocycles. The van der Waals surface area contributed by atoms with Gasteiger partial charge in [-0.15, -0.1) is 0 Å². The van der Waals surface area contributed by atoms with Gasteiger partial charge in [-0.25, -0.2) is 4.79 Å². The quantitative estimate of drug-likeness (QED) is 0.733. The normalized spacial score (nSPS) is 17.0. The van der Waals surface area contributed by atoms with Crippen LogP contribution in [0.25, 0.3) is 0 Å². The highest BCUT2D eigenvalue weighted by atomic mass is 79.9. The Labute approximate surface area is 135 Å². The lowest BCUT2D eigenvalue weighted by Gasteiger charge is -2.44. The minimum absolute atomic E-state index is 0.312. The zero-order chi connectivity index (χ0) is 16.0. The van der Waals surface area contributed by atoms with Gasteiger partial charge in [0.1, 0.15) is 5.60 Å². The Kier molecular flexibility index (Phi) is 4.00. The van der Waals surface area contributed by atoms with Gasteiger partial charge in [0.05, 0.1) is 16.9 Å². The predicted octanol–water partition coefficient (Wildman–Crippen LogP) is 4.70. The molecule has 1 aliphatic rings. The van der Waals surface area contributed by atoms with Crippen molar-refractivity contribution >= 4 is 33.4 Å². The molecule has 0 bridgehead atoms. The fourth-order valence-corrected chi connectivity index (χ4v) is 3.05. The van der Waals surface area contributed by atoms with Gasteiger partial charge in [-0.2, -0.15) is 0 Å². The van der Waals surface area contributed by atoms with E-state index in [-0.39, 0.29) is 11.6 Å². The summed E-state index contributed by atoms with van der Waals surface area (Å²) in [6.45, 7) is 12.4. The first-order chi connectivity index (χ1) is 9.51. The number of benzene rings is 1. The van der Waals surface area contributed by atoms with Crippen molar-refractivity contribution in [2.45, 2.75) is 52.7 Å². The van der Waals surface area contributed by atoms with Crippen molar-refractivity contribution in [1.29, 1.82) is 0 Å². The van der Waals surface area contributed by atoms with Crippen LogP contribution in [-0.2, 0) is 4.74 Å². The van der Waals surface area contributed by atoms with Crippen LogP contribution in [0.2, 0.25) is 0 Å². The van der Waals surface area contributed by atoms with Gasteiger partial charge in [0.25, 0.3) is 0 Å². The van der Waals surface area contributed by atoms with Crippen LogP contribution in [0.1, 0.15) is 40.2 Å². The van der Waals surface area contributed by atoms with E-state index in [2.05, 4.69) is 21.2 Å². The second-order valence-corrected chi connectivity index (χ2v) is 8.01. The maximum Gasteiger partial charge on any atom is 0.415 e. The number of amides is 1. The summed E-state index contributed by atoms with van der Waals surface area (Å²) in [5.74, 6) is 0. The number of hydrogen-bond acceptors (Lipinski definition) is 3. The van der Waals surface area contributed by atoms with Gasteiger partial charge < -0.3 is 10.1 Å². The summed E-state index contributed by atoms with van der Waals surface area (Å²) in [7, 11) is 0. The van der Waals surface area contributed by atoms with Gasteiger partial charge >= 0.3 is 6.09 Å². The lowest BCUT2D eigenvalue weighted by Crippen LogP contribution is -2.56. The lowest BCUT2D eigenvalue weighted by atomic mass is 9.96. The van der Waals surface area contributed by atoms with Crippen molar-refractivity contribution in [3.8, 4) is 0 Å². The van der Waals surface area contributed by atoms with E-state index < -0.39 is 5.60 Å². The highest BCUT2D eigenvalue weighted by Gasteiger charge is 2.40. The highest BCUT2D eigenvalue weighted by Crippen LogP contribution is 2.41. The molecule has 1 aromatic carbocycles. The minimum atomic E-state index is -0.515. The van der Waals surface area contributed by atoms with Crippen LogP contribution in [0, 0.1) is 6.92 Å². The number of carbonyl (C=O) groups is 1. The van der Waals surface area contributed by atoms with Crippen LogP contribution >= 0.6 is 15.9 Å². The first-order valence-corrected chi connectivity index (χ1v) is 7.88. The minimum Gasteiger partial charge on any atom is -0.443 e. The largest absolute Gasteiger partial charge is 0.443 e. The SMILES string of the molecule is Cc1cc(Br)cc2c1NCC(C)(C)N2C(=O)OC(C)(C)C. The molecule has 0 spiro atoms. The van der Waals surface area contributed by atoms with E-state index in [1.165, 1.54) is 0 Å². The molecule has 0 aromatic heterocycles. The summed E-state index contributed by atoms with van der Waals surface area (Å²) in [5, 5.41) is 3.43. The number of halogens is 1. The highest BCUT2D eigenvalue weighted by molar-refractivity contribution is 9.10. The Morgan fingerprint density at radius 2 is 2.00 bits per heavy atom.